The molecule has 0 N–H and O–H groups in total. The summed E-state index contributed by atoms with van der Waals surface area (Å²) in [5.74, 6) is 0.903. The minimum absolute atomic E-state index is 0.528. The van der Waals surface area contributed by atoms with Gasteiger partial charge >= 0.3 is 0 Å². The van der Waals surface area contributed by atoms with Crippen molar-refractivity contribution >= 4 is 11.8 Å². The molecule has 1 nitrogen and oxygen atoms in total. The fraction of sp³-hybridized carbons (Fsp3) is 0.909. The van der Waals surface area contributed by atoms with Gasteiger partial charge in [0.05, 0.1) is 6.07 Å². The molecule has 0 spiro atoms. The lowest BCUT2D eigenvalue weighted by Crippen LogP contribution is -2.17. The second kappa shape index (κ2) is 5.54. The Morgan fingerprint density at radius 1 is 1.54 bits per heavy atom. The molecule has 0 radical (unpaired) electrons. The van der Waals surface area contributed by atoms with Gasteiger partial charge in [-0.1, -0.05) is 26.7 Å². The zero-order chi connectivity index (χ0) is 9.68. The van der Waals surface area contributed by atoms with Crippen LogP contribution in [0.1, 0.15) is 46.0 Å². The summed E-state index contributed by atoms with van der Waals surface area (Å²) in [4.78, 5) is 0. The molecule has 0 amide bonds. The minimum Gasteiger partial charge on any atom is -0.198 e. The number of thioether (sulfide) groups is 1. The molecule has 3 unspecified atom stereocenters. The van der Waals surface area contributed by atoms with Gasteiger partial charge in [-0.15, -0.1) is 0 Å². The van der Waals surface area contributed by atoms with E-state index in [2.05, 4.69) is 19.9 Å². The van der Waals surface area contributed by atoms with Crippen LogP contribution in [0.3, 0.4) is 0 Å². The molecule has 0 heterocycles. The van der Waals surface area contributed by atoms with Gasteiger partial charge in [0.1, 0.15) is 0 Å². The summed E-state index contributed by atoms with van der Waals surface area (Å²) in [6.45, 7) is 4.52. The Bertz CT molecular complexity index is 185. The summed E-state index contributed by atoms with van der Waals surface area (Å²) in [7, 11) is 0. The fourth-order valence-corrected chi connectivity index (χ4v) is 3.58. The van der Waals surface area contributed by atoms with Crippen LogP contribution in [0.4, 0.5) is 0 Å². The highest BCUT2D eigenvalue weighted by atomic mass is 32.2. The van der Waals surface area contributed by atoms with Gasteiger partial charge in [0.15, 0.2) is 0 Å². The van der Waals surface area contributed by atoms with Gasteiger partial charge in [-0.25, -0.2) is 0 Å². The van der Waals surface area contributed by atoms with Gasteiger partial charge in [0.25, 0.3) is 0 Å². The predicted octanol–water partition coefficient (Wildman–Crippen LogP) is 3.60. The molecule has 0 aromatic heterocycles. The van der Waals surface area contributed by atoms with E-state index in [-0.39, 0.29) is 0 Å². The van der Waals surface area contributed by atoms with Gasteiger partial charge in [-0.3, -0.25) is 0 Å². The molecular weight excluding hydrogens is 178 g/mol. The molecule has 0 aliphatic heterocycles. The van der Waals surface area contributed by atoms with Crippen LogP contribution >= 0.6 is 11.8 Å². The van der Waals surface area contributed by atoms with Crippen molar-refractivity contribution in [2.45, 2.75) is 56.5 Å². The SMILES string of the molecule is CC1CCCC(SC(C)CC#N)C1. The monoisotopic (exact) mass is 197 g/mol. The van der Waals surface area contributed by atoms with E-state index in [1.165, 1.54) is 25.7 Å². The summed E-state index contributed by atoms with van der Waals surface area (Å²) < 4.78 is 0. The summed E-state index contributed by atoms with van der Waals surface area (Å²) >= 11 is 2.03. The van der Waals surface area contributed by atoms with Crippen LogP contribution in [0.25, 0.3) is 0 Å². The van der Waals surface area contributed by atoms with Gasteiger partial charge < -0.3 is 0 Å². The largest absolute Gasteiger partial charge is 0.198 e. The number of nitriles is 1. The predicted molar refractivity (Wildman–Crippen MR) is 58.7 cm³/mol. The number of hydrogen-bond acceptors (Lipinski definition) is 2. The van der Waals surface area contributed by atoms with Gasteiger partial charge in [0.2, 0.25) is 0 Å². The molecule has 1 aliphatic rings. The first-order valence-corrected chi connectivity index (χ1v) is 6.19. The highest BCUT2D eigenvalue weighted by Crippen LogP contribution is 2.34. The molecule has 1 rings (SSSR count). The summed E-state index contributed by atoms with van der Waals surface area (Å²) in [5.41, 5.74) is 0. The maximum atomic E-state index is 8.55. The van der Waals surface area contributed by atoms with Crippen molar-refractivity contribution in [3.63, 3.8) is 0 Å². The molecule has 2 heteroatoms. The van der Waals surface area contributed by atoms with E-state index in [1.54, 1.807) is 0 Å². The molecule has 74 valence electrons. The van der Waals surface area contributed by atoms with Crippen molar-refractivity contribution in [2.24, 2.45) is 5.92 Å². The first-order chi connectivity index (χ1) is 6.22. The Kier molecular flexibility index (Phi) is 4.66. The van der Waals surface area contributed by atoms with E-state index in [9.17, 15) is 0 Å². The summed E-state index contributed by atoms with van der Waals surface area (Å²) in [6.07, 6.45) is 6.22. The smallest absolute Gasteiger partial charge is 0.0633 e. The molecule has 0 aromatic rings. The van der Waals surface area contributed by atoms with Crippen LogP contribution in [-0.2, 0) is 0 Å². The van der Waals surface area contributed by atoms with Crippen LogP contribution in [0, 0.1) is 17.2 Å². The molecular formula is C11H19NS. The Morgan fingerprint density at radius 3 is 2.92 bits per heavy atom. The molecule has 1 aliphatic carbocycles. The van der Waals surface area contributed by atoms with Crippen LogP contribution in [0.5, 0.6) is 0 Å². The number of hydrogen-bond donors (Lipinski definition) is 0. The third kappa shape index (κ3) is 4.04. The van der Waals surface area contributed by atoms with Crippen molar-refractivity contribution in [3.8, 4) is 6.07 Å². The maximum absolute atomic E-state index is 8.55. The van der Waals surface area contributed by atoms with Crippen molar-refractivity contribution < 1.29 is 0 Å². The number of nitrogens with zero attached hydrogens (tertiary/aromatic N) is 1. The Morgan fingerprint density at radius 2 is 2.31 bits per heavy atom. The molecule has 1 saturated carbocycles. The standard InChI is InChI=1S/C11H19NS/c1-9-4-3-5-11(8-9)13-10(2)6-7-12/h9-11H,3-6,8H2,1-2H3. The molecule has 0 bridgehead atoms. The van der Waals surface area contributed by atoms with Crippen molar-refractivity contribution in [1.29, 1.82) is 5.26 Å². The van der Waals surface area contributed by atoms with Gasteiger partial charge in [-0.05, 0) is 18.8 Å². The van der Waals surface area contributed by atoms with Crippen LogP contribution in [-0.4, -0.2) is 10.5 Å². The lowest BCUT2D eigenvalue weighted by atomic mass is 9.91. The molecule has 13 heavy (non-hydrogen) atoms. The zero-order valence-electron chi connectivity index (χ0n) is 8.62. The highest BCUT2D eigenvalue weighted by Gasteiger charge is 2.20. The third-order valence-corrected chi connectivity index (χ3v) is 4.14. The first kappa shape index (κ1) is 10.9. The van der Waals surface area contributed by atoms with Crippen molar-refractivity contribution in [1.82, 2.24) is 0 Å². The third-order valence-electron chi connectivity index (χ3n) is 2.69. The lowest BCUT2D eigenvalue weighted by molar-refractivity contribution is 0.394. The summed E-state index contributed by atoms with van der Waals surface area (Å²) in [6, 6.07) is 2.25. The first-order valence-electron chi connectivity index (χ1n) is 5.24. The molecule has 0 saturated heterocycles. The van der Waals surface area contributed by atoms with E-state index in [1.807, 2.05) is 11.8 Å². The molecule has 1 fully saturated rings. The maximum Gasteiger partial charge on any atom is 0.0633 e. The lowest BCUT2D eigenvalue weighted by Gasteiger charge is -2.27. The Labute approximate surface area is 85.9 Å². The van der Waals surface area contributed by atoms with Gasteiger partial charge in [-0.2, -0.15) is 17.0 Å². The van der Waals surface area contributed by atoms with Crippen LogP contribution < -0.4 is 0 Å². The Balaban J connectivity index is 2.24. The molecule has 3 atom stereocenters. The van der Waals surface area contributed by atoms with E-state index >= 15 is 0 Å². The van der Waals surface area contributed by atoms with E-state index in [0.717, 1.165) is 11.2 Å². The average Bonchev–Trinajstić information content (AvgIpc) is 2.04. The molecule has 0 aromatic carbocycles. The quantitative estimate of drug-likeness (QED) is 0.690. The van der Waals surface area contributed by atoms with Crippen LogP contribution in [0.2, 0.25) is 0 Å². The van der Waals surface area contributed by atoms with E-state index < -0.39 is 0 Å². The Hall–Kier alpha value is -0.160. The van der Waals surface area contributed by atoms with Gasteiger partial charge in [0, 0.05) is 16.9 Å². The number of rotatable bonds is 3. The van der Waals surface area contributed by atoms with E-state index in [0.29, 0.717) is 11.7 Å². The second-order valence-electron chi connectivity index (χ2n) is 4.20. The summed E-state index contributed by atoms with van der Waals surface area (Å²) in [5, 5.41) is 9.91. The average molecular weight is 197 g/mol. The van der Waals surface area contributed by atoms with Crippen molar-refractivity contribution in [2.75, 3.05) is 0 Å². The zero-order valence-corrected chi connectivity index (χ0v) is 9.44. The van der Waals surface area contributed by atoms with E-state index in [4.69, 9.17) is 5.26 Å². The normalized spacial score (nSPS) is 30.8. The topological polar surface area (TPSA) is 23.8 Å². The minimum atomic E-state index is 0.528. The van der Waals surface area contributed by atoms with Crippen LogP contribution in [0.15, 0.2) is 0 Å². The second-order valence-corrected chi connectivity index (χ2v) is 5.95. The van der Waals surface area contributed by atoms with Crippen molar-refractivity contribution in [3.05, 3.63) is 0 Å². The fourth-order valence-electron chi connectivity index (χ4n) is 2.01. The highest BCUT2D eigenvalue weighted by molar-refractivity contribution is 8.00.